The molecule has 1 heterocycles. The highest BCUT2D eigenvalue weighted by Crippen LogP contribution is 2.31. The van der Waals surface area contributed by atoms with E-state index in [1.807, 2.05) is 36.4 Å². The third-order valence-corrected chi connectivity index (χ3v) is 4.00. The highest BCUT2D eigenvalue weighted by Gasteiger charge is 2.18. The van der Waals surface area contributed by atoms with Crippen LogP contribution in [0.1, 0.15) is 28.9 Å². The molecule has 0 saturated carbocycles. The number of carbonyl (C=O) groups is 2. The smallest absolute Gasteiger partial charge is 0.317 e. The Morgan fingerprint density at radius 2 is 1.84 bits per heavy atom. The van der Waals surface area contributed by atoms with E-state index in [0.29, 0.717) is 10.9 Å². The number of aliphatic hydroxyl groups is 1. The Labute approximate surface area is 143 Å². The molecule has 0 bridgehead atoms. The molecule has 0 unspecified atom stereocenters. The molecule has 0 aliphatic heterocycles. The average Bonchev–Trinajstić information content (AvgIpc) is 2.91. The van der Waals surface area contributed by atoms with Crippen LogP contribution in [0.15, 0.2) is 42.5 Å². The summed E-state index contributed by atoms with van der Waals surface area (Å²) in [5, 5.41) is 12.7. The predicted octanol–water partition coefficient (Wildman–Crippen LogP) is 2.48. The maximum absolute atomic E-state index is 11.7. The van der Waals surface area contributed by atoms with Crippen molar-refractivity contribution in [1.82, 2.24) is 4.98 Å². The van der Waals surface area contributed by atoms with Crippen molar-refractivity contribution in [1.29, 1.82) is 0 Å². The van der Waals surface area contributed by atoms with E-state index in [-0.39, 0.29) is 11.4 Å². The van der Waals surface area contributed by atoms with Crippen LogP contribution in [0.3, 0.4) is 0 Å². The molecule has 25 heavy (non-hydrogen) atoms. The molecule has 0 spiro atoms. The number of hydrogen-bond donors (Lipinski definition) is 5. The number of fused-ring (bicyclic) bond motifs is 1. The largest absolute Gasteiger partial charge is 0.389 e. The lowest BCUT2D eigenvalue weighted by Gasteiger charge is -2.08. The Hall–Kier alpha value is -3.32. The molecular weight excluding hydrogens is 320 g/mol. The van der Waals surface area contributed by atoms with E-state index in [4.69, 9.17) is 11.5 Å². The van der Waals surface area contributed by atoms with Crippen LogP contribution in [0.2, 0.25) is 0 Å². The van der Waals surface area contributed by atoms with Crippen molar-refractivity contribution >= 4 is 28.7 Å². The van der Waals surface area contributed by atoms with E-state index in [1.54, 1.807) is 13.0 Å². The highest BCUT2D eigenvalue weighted by atomic mass is 16.3. The second-order valence-corrected chi connectivity index (χ2v) is 5.79. The minimum Gasteiger partial charge on any atom is -0.389 e. The number of primary amides is 2. The van der Waals surface area contributed by atoms with Crippen molar-refractivity contribution in [3.8, 4) is 11.1 Å². The van der Waals surface area contributed by atoms with Gasteiger partial charge in [0.2, 0.25) is 0 Å². The molecule has 0 aliphatic rings. The van der Waals surface area contributed by atoms with Gasteiger partial charge in [0.1, 0.15) is 5.82 Å². The summed E-state index contributed by atoms with van der Waals surface area (Å²) in [6, 6.07) is 12.2. The fourth-order valence-corrected chi connectivity index (χ4v) is 2.83. The Morgan fingerprint density at radius 3 is 2.48 bits per heavy atom. The Balaban J connectivity index is 2.13. The third kappa shape index (κ3) is 3.17. The second kappa shape index (κ2) is 6.29. The first-order valence-corrected chi connectivity index (χ1v) is 7.67. The fourth-order valence-electron chi connectivity index (χ4n) is 2.83. The van der Waals surface area contributed by atoms with Crippen LogP contribution in [0.25, 0.3) is 22.0 Å². The molecule has 0 saturated heterocycles. The summed E-state index contributed by atoms with van der Waals surface area (Å²) in [7, 11) is 0. The number of aliphatic hydroxyl groups excluding tert-OH is 1. The van der Waals surface area contributed by atoms with E-state index in [2.05, 4.69) is 10.3 Å². The van der Waals surface area contributed by atoms with Crippen LogP contribution in [0.5, 0.6) is 0 Å². The van der Waals surface area contributed by atoms with Gasteiger partial charge in [0.05, 0.1) is 11.7 Å². The second-order valence-electron chi connectivity index (χ2n) is 5.79. The van der Waals surface area contributed by atoms with Crippen LogP contribution in [0.4, 0.5) is 10.6 Å². The zero-order valence-corrected chi connectivity index (χ0v) is 13.5. The summed E-state index contributed by atoms with van der Waals surface area (Å²) in [4.78, 5) is 25.8. The Morgan fingerprint density at radius 1 is 1.12 bits per heavy atom. The van der Waals surface area contributed by atoms with Gasteiger partial charge in [-0.25, -0.2) is 4.79 Å². The van der Waals surface area contributed by atoms with E-state index in [0.717, 1.165) is 16.7 Å². The number of carbonyl (C=O) groups excluding carboxylic acids is 2. The van der Waals surface area contributed by atoms with Crippen LogP contribution >= 0.6 is 0 Å². The standard InChI is InChI=1S/C18H18N4O3/c1-9(23)10-3-2-4-11(7-10)12-5-6-13-14(8-12)21-17(22-18(20)25)15(13)16(19)24/h2-9,21,23H,1H3,(H2,19,24)(H3,20,22,25)/t9-/m0/s1. The normalized spacial score (nSPS) is 12.1. The summed E-state index contributed by atoms with van der Waals surface area (Å²) >= 11 is 0. The molecule has 3 rings (SSSR count). The number of urea groups is 1. The van der Waals surface area contributed by atoms with Crippen molar-refractivity contribution in [3.05, 3.63) is 53.6 Å². The van der Waals surface area contributed by atoms with Crippen LogP contribution < -0.4 is 16.8 Å². The monoisotopic (exact) mass is 338 g/mol. The van der Waals surface area contributed by atoms with Gasteiger partial charge in [-0.1, -0.05) is 30.3 Å². The first-order valence-electron chi connectivity index (χ1n) is 7.67. The first kappa shape index (κ1) is 16.5. The number of H-pyrrole nitrogens is 1. The number of aromatic nitrogens is 1. The van der Waals surface area contributed by atoms with Crippen LogP contribution in [-0.2, 0) is 0 Å². The van der Waals surface area contributed by atoms with Crippen LogP contribution in [-0.4, -0.2) is 22.0 Å². The summed E-state index contributed by atoms with van der Waals surface area (Å²) < 4.78 is 0. The molecule has 0 fully saturated rings. The van der Waals surface area contributed by atoms with Gasteiger partial charge in [0, 0.05) is 10.9 Å². The highest BCUT2D eigenvalue weighted by molar-refractivity contribution is 6.13. The third-order valence-electron chi connectivity index (χ3n) is 4.00. The van der Waals surface area contributed by atoms with Crippen molar-refractivity contribution in [2.24, 2.45) is 11.5 Å². The summed E-state index contributed by atoms with van der Waals surface area (Å²) in [5.41, 5.74) is 14.0. The van der Waals surface area contributed by atoms with Gasteiger partial charge in [0.25, 0.3) is 5.91 Å². The van der Waals surface area contributed by atoms with Gasteiger partial charge in [0.15, 0.2) is 0 Å². The van der Waals surface area contributed by atoms with Gasteiger partial charge in [-0.3, -0.25) is 10.1 Å². The number of hydrogen-bond acceptors (Lipinski definition) is 3. The minimum atomic E-state index is -0.793. The average molecular weight is 338 g/mol. The van der Waals surface area contributed by atoms with Crippen molar-refractivity contribution in [2.45, 2.75) is 13.0 Å². The zero-order chi connectivity index (χ0) is 18.1. The predicted molar refractivity (Wildman–Crippen MR) is 96.1 cm³/mol. The van der Waals surface area contributed by atoms with Gasteiger partial charge >= 0.3 is 6.03 Å². The molecule has 7 heteroatoms. The topological polar surface area (TPSA) is 134 Å². The first-order chi connectivity index (χ1) is 11.9. The molecule has 2 aromatic carbocycles. The van der Waals surface area contributed by atoms with Gasteiger partial charge in [-0.15, -0.1) is 0 Å². The molecule has 128 valence electrons. The molecule has 3 amide bonds. The fraction of sp³-hybridized carbons (Fsp3) is 0.111. The van der Waals surface area contributed by atoms with E-state index in [9.17, 15) is 14.7 Å². The Kier molecular flexibility index (Phi) is 4.16. The SMILES string of the molecule is C[C@H](O)c1cccc(-c2ccc3c(C(N)=O)c(NC(N)=O)[nH]c3c2)c1. The van der Waals surface area contributed by atoms with E-state index >= 15 is 0 Å². The number of aromatic amines is 1. The maximum Gasteiger partial charge on any atom is 0.317 e. The number of nitrogens with one attached hydrogen (secondary N) is 2. The molecule has 1 atom stereocenters. The molecule has 3 aromatic rings. The zero-order valence-electron chi connectivity index (χ0n) is 13.5. The number of anilines is 1. The summed E-state index contributed by atoms with van der Waals surface area (Å²) in [6.07, 6.45) is -0.568. The molecule has 0 radical (unpaired) electrons. The van der Waals surface area contributed by atoms with Crippen LogP contribution in [0, 0.1) is 0 Å². The lowest BCUT2D eigenvalue weighted by molar-refractivity contribution is 0.100. The molecule has 1 aromatic heterocycles. The van der Waals surface area contributed by atoms with E-state index < -0.39 is 18.0 Å². The maximum atomic E-state index is 11.7. The molecular formula is C18H18N4O3. The number of benzene rings is 2. The van der Waals surface area contributed by atoms with Gasteiger partial charge in [-0.2, -0.15) is 0 Å². The van der Waals surface area contributed by atoms with Crippen molar-refractivity contribution < 1.29 is 14.7 Å². The van der Waals surface area contributed by atoms with Crippen molar-refractivity contribution in [2.75, 3.05) is 5.32 Å². The molecule has 0 aliphatic carbocycles. The molecule has 7 N–H and O–H groups in total. The summed E-state index contributed by atoms with van der Waals surface area (Å²) in [6.45, 7) is 1.70. The van der Waals surface area contributed by atoms with Crippen molar-refractivity contribution in [3.63, 3.8) is 0 Å². The minimum absolute atomic E-state index is 0.171. The number of nitrogens with two attached hydrogens (primary N) is 2. The quantitative estimate of drug-likeness (QED) is 0.500. The lowest BCUT2D eigenvalue weighted by atomic mass is 9.99. The van der Waals surface area contributed by atoms with E-state index in [1.165, 1.54) is 0 Å². The Bertz CT molecular complexity index is 976. The lowest BCUT2D eigenvalue weighted by Crippen LogP contribution is -2.22. The number of rotatable bonds is 4. The molecule has 7 nitrogen and oxygen atoms in total. The van der Waals surface area contributed by atoms with Gasteiger partial charge < -0.3 is 21.6 Å². The number of amides is 3. The summed E-state index contributed by atoms with van der Waals surface area (Å²) in [5.74, 6) is -0.497. The van der Waals surface area contributed by atoms with Gasteiger partial charge in [-0.05, 0) is 35.7 Å².